The molecule has 0 saturated heterocycles. The second-order valence-electron chi connectivity index (χ2n) is 3.12. The number of hydrogen-bond donors (Lipinski definition) is 1. The quantitative estimate of drug-likeness (QED) is 0.659. The summed E-state index contributed by atoms with van der Waals surface area (Å²) in [7, 11) is 0. The van der Waals surface area contributed by atoms with Crippen LogP contribution in [0.2, 0.25) is 0 Å². The van der Waals surface area contributed by atoms with Crippen molar-refractivity contribution in [3.63, 3.8) is 0 Å². The summed E-state index contributed by atoms with van der Waals surface area (Å²) >= 11 is 0. The van der Waals surface area contributed by atoms with E-state index in [4.69, 9.17) is 0 Å². The Hall–Kier alpha value is -1.24. The van der Waals surface area contributed by atoms with Gasteiger partial charge in [-0.1, -0.05) is 37.3 Å². The molecule has 62 valence electrons. The van der Waals surface area contributed by atoms with Crippen molar-refractivity contribution in [1.29, 1.82) is 0 Å². The van der Waals surface area contributed by atoms with Crippen LogP contribution in [0.4, 0.5) is 0 Å². The maximum atomic E-state index is 9.76. The van der Waals surface area contributed by atoms with E-state index in [0.29, 0.717) is 11.7 Å². The number of phenolic OH excluding ortho intramolecular Hbond substituents is 1. The summed E-state index contributed by atoms with van der Waals surface area (Å²) in [4.78, 5) is 0. The van der Waals surface area contributed by atoms with Crippen molar-refractivity contribution in [1.82, 2.24) is 0 Å². The third-order valence-electron chi connectivity index (χ3n) is 2.28. The summed E-state index contributed by atoms with van der Waals surface area (Å²) in [6, 6.07) is 5.97. The predicted octanol–water partition coefficient (Wildman–Crippen LogP) is 2.61. The van der Waals surface area contributed by atoms with Crippen LogP contribution in [0.3, 0.4) is 0 Å². The summed E-state index contributed by atoms with van der Waals surface area (Å²) in [5.74, 6) is 0.881. The van der Waals surface area contributed by atoms with E-state index in [2.05, 4.69) is 19.1 Å². The first kappa shape index (κ1) is 7.41. The second kappa shape index (κ2) is 2.67. The van der Waals surface area contributed by atoms with E-state index in [1.165, 1.54) is 0 Å². The third kappa shape index (κ3) is 1.11. The first-order valence-corrected chi connectivity index (χ1v) is 4.32. The van der Waals surface area contributed by atoms with Crippen LogP contribution in [0.25, 0.3) is 0 Å². The lowest BCUT2D eigenvalue weighted by Gasteiger charge is -2.06. The molecule has 0 atom stereocenters. The van der Waals surface area contributed by atoms with E-state index in [1.54, 1.807) is 0 Å². The van der Waals surface area contributed by atoms with Crippen molar-refractivity contribution in [2.24, 2.45) is 0 Å². The van der Waals surface area contributed by atoms with Gasteiger partial charge < -0.3 is 5.11 Å². The van der Waals surface area contributed by atoms with Crippen LogP contribution in [0.15, 0.2) is 30.4 Å². The molecule has 1 nitrogen and oxygen atoms in total. The van der Waals surface area contributed by atoms with E-state index in [-0.39, 0.29) is 0 Å². The Bertz CT molecular complexity index is 320. The highest BCUT2D eigenvalue weighted by Crippen LogP contribution is 2.37. The van der Waals surface area contributed by atoms with Gasteiger partial charge in [0.1, 0.15) is 5.75 Å². The monoisotopic (exact) mass is 160 g/mol. The molecule has 0 amide bonds. The predicted molar refractivity (Wildman–Crippen MR) is 49.4 cm³/mol. The van der Waals surface area contributed by atoms with E-state index in [9.17, 15) is 5.11 Å². The van der Waals surface area contributed by atoms with Crippen LogP contribution in [0, 0.1) is 0 Å². The highest BCUT2D eigenvalue weighted by Gasteiger charge is 2.18. The first-order chi connectivity index (χ1) is 5.83. The molecule has 0 unspecified atom stereocenters. The van der Waals surface area contributed by atoms with E-state index in [0.717, 1.165) is 17.5 Å². The Labute approximate surface area is 72.4 Å². The highest BCUT2D eigenvalue weighted by atomic mass is 16.3. The van der Waals surface area contributed by atoms with Gasteiger partial charge in [0.05, 0.1) is 0 Å². The molecule has 1 heteroatoms. The zero-order chi connectivity index (χ0) is 8.55. The molecule has 0 bridgehead atoms. The summed E-state index contributed by atoms with van der Waals surface area (Å²) in [6.07, 6.45) is 5.08. The largest absolute Gasteiger partial charge is 0.507 e. The van der Waals surface area contributed by atoms with Crippen LogP contribution in [0.5, 0.6) is 5.75 Å². The topological polar surface area (TPSA) is 20.2 Å². The molecule has 0 spiro atoms. The minimum absolute atomic E-state index is 0.400. The maximum Gasteiger partial charge on any atom is 0.122 e. The molecule has 1 N–H and O–H groups in total. The number of para-hydroxylation sites is 1. The average molecular weight is 160 g/mol. The first-order valence-electron chi connectivity index (χ1n) is 4.32. The maximum absolute atomic E-state index is 9.76. The van der Waals surface area contributed by atoms with Gasteiger partial charge >= 0.3 is 0 Å². The lowest BCUT2D eigenvalue weighted by molar-refractivity contribution is 0.463. The van der Waals surface area contributed by atoms with Crippen molar-refractivity contribution >= 4 is 0 Å². The van der Waals surface area contributed by atoms with Crippen LogP contribution >= 0.6 is 0 Å². The Morgan fingerprint density at radius 1 is 1.33 bits per heavy atom. The molecular formula is C11H12O. The van der Waals surface area contributed by atoms with E-state index < -0.39 is 0 Å². The standard InChI is InChI=1S/C11H12O/c1-2-8-4-3-5-10(11(8)12)9-6-7-9/h3-7,9,12H,2H2,1H3. The van der Waals surface area contributed by atoms with Gasteiger partial charge in [-0.25, -0.2) is 0 Å². The molecule has 0 heterocycles. The molecule has 0 aliphatic heterocycles. The van der Waals surface area contributed by atoms with Crippen molar-refractivity contribution in [3.05, 3.63) is 41.5 Å². The zero-order valence-corrected chi connectivity index (χ0v) is 7.12. The molecule has 0 aromatic heterocycles. The van der Waals surface area contributed by atoms with E-state index >= 15 is 0 Å². The summed E-state index contributed by atoms with van der Waals surface area (Å²) in [6.45, 7) is 2.05. The average Bonchev–Trinajstić information content (AvgIpc) is 2.88. The van der Waals surface area contributed by atoms with Crippen molar-refractivity contribution < 1.29 is 5.11 Å². The third-order valence-corrected chi connectivity index (χ3v) is 2.28. The molecule has 1 aliphatic rings. The van der Waals surface area contributed by atoms with Gasteiger partial charge in [-0.15, -0.1) is 0 Å². The summed E-state index contributed by atoms with van der Waals surface area (Å²) in [5, 5.41) is 9.76. The van der Waals surface area contributed by atoms with Crippen molar-refractivity contribution in [3.8, 4) is 5.75 Å². The van der Waals surface area contributed by atoms with Gasteiger partial charge in [-0.05, 0) is 12.0 Å². The van der Waals surface area contributed by atoms with Crippen LogP contribution < -0.4 is 0 Å². The number of aryl methyl sites for hydroxylation is 1. The number of aromatic hydroxyl groups is 1. The van der Waals surface area contributed by atoms with Gasteiger partial charge in [0, 0.05) is 11.5 Å². The molecule has 0 radical (unpaired) electrons. The van der Waals surface area contributed by atoms with Crippen molar-refractivity contribution in [2.75, 3.05) is 0 Å². The Morgan fingerprint density at radius 2 is 2.08 bits per heavy atom. The Balaban J connectivity index is 2.41. The lowest BCUT2D eigenvalue weighted by Crippen LogP contribution is -1.87. The van der Waals surface area contributed by atoms with Gasteiger partial charge in [-0.2, -0.15) is 0 Å². The zero-order valence-electron chi connectivity index (χ0n) is 7.12. The Morgan fingerprint density at radius 3 is 2.67 bits per heavy atom. The van der Waals surface area contributed by atoms with Gasteiger partial charge in [0.25, 0.3) is 0 Å². The summed E-state index contributed by atoms with van der Waals surface area (Å²) < 4.78 is 0. The SMILES string of the molecule is CCc1cccc(C2C=C2)c1O. The molecule has 12 heavy (non-hydrogen) atoms. The summed E-state index contributed by atoms with van der Waals surface area (Å²) in [5.41, 5.74) is 2.09. The minimum Gasteiger partial charge on any atom is -0.507 e. The van der Waals surface area contributed by atoms with Crippen molar-refractivity contribution in [2.45, 2.75) is 19.3 Å². The Kier molecular flexibility index (Phi) is 1.65. The molecular weight excluding hydrogens is 148 g/mol. The number of rotatable bonds is 2. The van der Waals surface area contributed by atoms with Gasteiger partial charge in [0.2, 0.25) is 0 Å². The number of hydrogen-bond acceptors (Lipinski definition) is 1. The smallest absolute Gasteiger partial charge is 0.122 e. The highest BCUT2D eigenvalue weighted by molar-refractivity contribution is 5.49. The molecule has 1 aromatic carbocycles. The molecule has 1 aromatic rings. The number of allylic oxidation sites excluding steroid dienone is 2. The normalized spacial score (nSPS) is 15.1. The molecule has 1 aliphatic carbocycles. The van der Waals surface area contributed by atoms with Crippen LogP contribution in [-0.4, -0.2) is 5.11 Å². The fourth-order valence-electron chi connectivity index (χ4n) is 1.43. The van der Waals surface area contributed by atoms with Crippen LogP contribution in [0.1, 0.15) is 24.0 Å². The lowest BCUT2D eigenvalue weighted by atomic mass is 10.0. The van der Waals surface area contributed by atoms with E-state index in [1.807, 2.05) is 18.2 Å². The minimum atomic E-state index is 0.400. The number of benzene rings is 1. The fourth-order valence-corrected chi connectivity index (χ4v) is 1.43. The second-order valence-corrected chi connectivity index (χ2v) is 3.12. The molecule has 0 fully saturated rings. The molecule has 2 rings (SSSR count). The van der Waals surface area contributed by atoms with Gasteiger partial charge in [0.15, 0.2) is 0 Å². The number of phenols is 1. The molecule has 0 saturated carbocycles. The van der Waals surface area contributed by atoms with Gasteiger partial charge in [-0.3, -0.25) is 0 Å². The van der Waals surface area contributed by atoms with Crippen LogP contribution in [-0.2, 0) is 6.42 Å². The fraction of sp³-hybridized carbons (Fsp3) is 0.273.